The SMILES string of the molecule is COC(=O)[C@@H](OC(=O)C1(c2ccccc2)C(=O)Oc2ccccc21)c1ccccc1. The molecule has 3 aromatic rings. The lowest BCUT2D eigenvalue weighted by atomic mass is 9.75. The highest BCUT2D eigenvalue weighted by Crippen LogP contribution is 2.46. The van der Waals surface area contributed by atoms with Crippen molar-refractivity contribution in [2.75, 3.05) is 7.11 Å². The van der Waals surface area contributed by atoms with Gasteiger partial charge in [0.05, 0.1) is 7.11 Å². The van der Waals surface area contributed by atoms with Gasteiger partial charge in [0.2, 0.25) is 11.5 Å². The van der Waals surface area contributed by atoms with Gasteiger partial charge in [0.15, 0.2) is 0 Å². The molecule has 0 radical (unpaired) electrons. The van der Waals surface area contributed by atoms with Gasteiger partial charge in [-0.2, -0.15) is 0 Å². The van der Waals surface area contributed by atoms with E-state index < -0.39 is 29.4 Å². The van der Waals surface area contributed by atoms with E-state index in [-0.39, 0.29) is 5.75 Å². The summed E-state index contributed by atoms with van der Waals surface area (Å²) in [6, 6.07) is 23.7. The van der Waals surface area contributed by atoms with E-state index in [0.29, 0.717) is 16.7 Å². The number of benzene rings is 3. The zero-order valence-corrected chi connectivity index (χ0v) is 16.1. The molecule has 0 aliphatic carbocycles. The Kier molecular flexibility index (Phi) is 5.06. The maximum Gasteiger partial charge on any atom is 0.351 e. The Morgan fingerprint density at radius 2 is 1.47 bits per heavy atom. The molecule has 0 N–H and O–H groups in total. The Balaban J connectivity index is 1.84. The minimum atomic E-state index is -1.85. The van der Waals surface area contributed by atoms with Crippen LogP contribution in [0.15, 0.2) is 84.9 Å². The summed E-state index contributed by atoms with van der Waals surface area (Å²) < 4.78 is 15.9. The van der Waals surface area contributed by atoms with Gasteiger partial charge < -0.3 is 14.2 Å². The molecule has 0 saturated carbocycles. The monoisotopic (exact) mass is 402 g/mol. The van der Waals surface area contributed by atoms with Crippen molar-refractivity contribution in [3.63, 3.8) is 0 Å². The fourth-order valence-corrected chi connectivity index (χ4v) is 3.61. The molecule has 1 aliphatic rings. The molecule has 30 heavy (non-hydrogen) atoms. The van der Waals surface area contributed by atoms with Crippen molar-refractivity contribution in [2.45, 2.75) is 11.5 Å². The first-order valence-electron chi connectivity index (χ1n) is 9.30. The average molecular weight is 402 g/mol. The molecular formula is C24H18O6. The molecule has 0 fully saturated rings. The molecule has 0 amide bonds. The summed E-state index contributed by atoms with van der Waals surface area (Å²) in [5.74, 6) is -2.17. The highest BCUT2D eigenvalue weighted by Gasteiger charge is 2.58. The van der Waals surface area contributed by atoms with Crippen LogP contribution in [-0.2, 0) is 29.3 Å². The van der Waals surface area contributed by atoms with Gasteiger partial charge in [0.1, 0.15) is 5.75 Å². The molecule has 6 nitrogen and oxygen atoms in total. The number of carbonyl (C=O) groups is 3. The molecule has 0 aromatic heterocycles. The lowest BCUT2D eigenvalue weighted by Crippen LogP contribution is -2.45. The molecule has 0 saturated heterocycles. The first-order chi connectivity index (χ1) is 14.6. The third-order valence-electron chi connectivity index (χ3n) is 5.06. The number of para-hydroxylation sites is 1. The van der Waals surface area contributed by atoms with Crippen molar-refractivity contribution in [1.29, 1.82) is 0 Å². The molecule has 6 heteroatoms. The van der Waals surface area contributed by atoms with E-state index >= 15 is 0 Å². The van der Waals surface area contributed by atoms with Crippen molar-refractivity contribution >= 4 is 17.9 Å². The van der Waals surface area contributed by atoms with Gasteiger partial charge in [-0.05, 0) is 11.6 Å². The number of hydrogen-bond donors (Lipinski definition) is 0. The quantitative estimate of drug-likeness (QED) is 0.370. The van der Waals surface area contributed by atoms with E-state index in [2.05, 4.69) is 0 Å². The van der Waals surface area contributed by atoms with E-state index in [4.69, 9.17) is 14.2 Å². The van der Waals surface area contributed by atoms with Crippen LogP contribution in [0.3, 0.4) is 0 Å². The Bertz CT molecular complexity index is 1090. The Labute approximate surface area is 173 Å². The topological polar surface area (TPSA) is 78.9 Å². The number of ether oxygens (including phenoxy) is 3. The molecule has 0 spiro atoms. The maximum absolute atomic E-state index is 13.6. The lowest BCUT2D eigenvalue weighted by molar-refractivity contribution is -0.172. The zero-order valence-electron chi connectivity index (χ0n) is 16.1. The minimum Gasteiger partial charge on any atom is -0.466 e. The fraction of sp³-hybridized carbons (Fsp3) is 0.125. The lowest BCUT2D eigenvalue weighted by Gasteiger charge is -2.27. The van der Waals surface area contributed by atoms with Crippen LogP contribution in [0.1, 0.15) is 22.8 Å². The minimum absolute atomic E-state index is 0.276. The van der Waals surface area contributed by atoms with Crippen molar-refractivity contribution < 1.29 is 28.6 Å². The molecule has 150 valence electrons. The summed E-state index contributed by atoms with van der Waals surface area (Å²) in [5.41, 5.74) is -0.663. The van der Waals surface area contributed by atoms with Crippen molar-refractivity contribution in [3.8, 4) is 5.75 Å². The highest BCUT2D eigenvalue weighted by molar-refractivity contribution is 6.14. The largest absolute Gasteiger partial charge is 0.466 e. The van der Waals surface area contributed by atoms with Crippen LogP contribution in [-0.4, -0.2) is 25.0 Å². The number of rotatable bonds is 5. The Morgan fingerprint density at radius 1 is 0.867 bits per heavy atom. The Hall–Kier alpha value is -3.93. The van der Waals surface area contributed by atoms with Crippen LogP contribution >= 0.6 is 0 Å². The summed E-state index contributed by atoms with van der Waals surface area (Å²) in [7, 11) is 1.21. The Morgan fingerprint density at radius 3 is 2.13 bits per heavy atom. The summed E-state index contributed by atoms with van der Waals surface area (Å²) >= 11 is 0. The predicted octanol–water partition coefficient (Wildman–Crippen LogP) is 3.35. The number of methoxy groups -OCH3 is 1. The molecule has 0 bridgehead atoms. The molecule has 2 atom stereocenters. The van der Waals surface area contributed by atoms with Gasteiger partial charge in [-0.15, -0.1) is 0 Å². The first kappa shape index (κ1) is 19.4. The van der Waals surface area contributed by atoms with Crippen LogP contribution < -0.4 is 4.74 Å². The van der Waals surface area contributed by atoms with Crippen LogP contribution in [0.2, 0.25) is 0 Å². The van der Waals surface area contributed by atoms with Crippen LogP contribution in [0.25, 0.3) is 0 Å². The van der Waals surface area contributed by atoms with E-state index in [9.17, 15) is 14.4 Å². The van der Waals surface area contributed by atoms with Crippen LogP contribution in [0.4, 0.5) is 0 Å². The standard InChI is InChI=1S/C24H18O6/c1-28-21(25)20(16-10-4-2-5-11-16)30-23(27)24(17-12-6-3-7-13-17)18-14-8-9-15-19(18)29-22(24)26/h2-15,20H,1H3/t20-,24?/m0/s1. The number of fused-ring (bicyclic) bond motifs is 1. The molecule has 1 aliphatic heterocycles. The smallest absolute Gasteiger partial charge is 0.351 e. The van der Waals surface area contributed by atoms with Crippen LogP contribution in [0, 0.1) is 0 Å². The zero-order chi connectivity index (χ0) is 21.1. The van der Waals surface area contributed by atoms with Crippen molar-refractivity contribution in [3.05, 3.63) is 102 Å². The molecule has 4 rings (SSSR count). The fourth-order valence-electron chi connectivity index (χ4n) is 3.61. The normalized spacial score (nSPS) is 18.1. The van der Waals surface area contributed by atoms with E-state index in [1.165, 1.54) is 7.11 Å². The second-order valence-electron chi connectivity index (χ2n) is 6.72. The third kappa shape index (κ3) is 3.03. The van der Waals surface area contributed by atoms with Gasteiger partial charge in [-0.3, -0.25) is 4.79 Å². The van der Waals surface area contributed by atoms with Gasteiger partial charge in [-0.25, -0.2) is 9.59 Å². The summed E-state index contributed by atoms with van der Waals surface area (Å²) in [4.78, 5) is 39.1. The predicted molar refractivity (Wildman–Crippen MR) is 107 cm³/mol. The average Bonchev–Trinajstić information content (AvgIpc) is 3.10. The van der Waals surface area contributed by atoms with E-state index in [1.54, 1.807) is 84.9 Å². The molecule has 3 aromatic carbocycles. The highest BCUT2D eigenvalue weighted by atomic mass is 16.6. The second kappa shape index (κ2) is 7.83. The number of hydrogen-bond acceptors (Lipinski definition) is 6. The van der Waals surface area contributed by atoms with Crippen LogP contribution in [0.5, 0.6) is 5.75 Å². The van der Waals surface area contributed by atoms with E-state index in [1.807, 2.05) is 0 Å². The maximum atomic E-state index is 13.6. The third-order valence-corrected chi connectivity index (χ3v) is 5.06. The molecular weight excluding hydrogens is 384 g/mol. The molecule has 1 heterocycles. The van der Waals surface area contributed by atoms with Gasteiger partial charge >= 0.3 is 17.9 Å². The van der Waals surface area contributed by atoms with Gasteiger partial charge in [0, 0.05) is 11.1 Å². The van der Waals surface area contributed by atoms with Crippen molar-refractivity contribution in [2.24, 2.45) is 0 Å². The summed E-state index contributed by atoms with van der Waals surface area (Å²) in [6.07, 6.45) is -1.33. The summed E-state index contributed by atoms with van der Waals surface area (Å²) in [6.45, 7) is 0. The van der Waals surface area contributed by atoms with E-state index in [0.717, 1.165) is 0 Å². The summed E-state index contributed by atoms with van der Waals surface area (Å²) in [5, 5.41) is 0. The number of esters is 3. The first-order valence-corrected chi connectivity index (χ1v) is 9.30. The number of carbonyl (C=O) groups excluding carboxylic acids is 3. The van der Waals surface area contributed by atoms with Crippen molar-refractivity contribution in [1.82, 2.24) is 0 Å². The second-order valence-corrected chi connectivity index (χ2v) is 6.72. The van der Waals surface area contributed by atoms with Gasteiger partial charge in [-0.1, -0.05) is 78.9 Å². The molecule has 1 unspecified atom stereocenters. The van der Waals surface area contributed by atoms with Gasteiger partial charge in [0.25, 0.3) is 0 Å².